The van der Waals surface area contributed by atoms with Gasteiger partial charge >= 0.3 is 10.0 Å². The van der Waals surface area contributed by atoms with Crippen LogP contribution in [0.5, 0.6) is 0 Å². The Balaban J connectivity index is 1.19. The lowest BCUT2D eigenvalue weighted by molar-refractivity contribution is -0.132. The molecular weight excluding hydrogens is 654 g/mol. The number of anilines is 1. The molecule has 48 heavy (non-hydrogen) atoms. The summed E-state index contributed by atoms with van der Waals surface area (Å²) in [5.74, 6) is 0.817. The molecule has 1 unspecified atom stereocenters. The van der Waals surface area contributed by atoms with Gasteiger partial charge in [-0.1, -0.05) is 35.9 Å². The van der Waals surface area contributed by atoms with E-state index in [1.54, 1.807) is 17.9 Å². The number of amidine groups is 1. The molecule has 2 aromatic heterocycles. The van der Waals surface area contributed by atoms with Crippen molar-refractivity contribution in [2.45, 2.75) is 49.9 Å². The molecule has 5 heterocycles. The van der Waals surface area contributed by atoms with Crippen LogP contribution < -0.4 is 10.2 Å². The molecule has 1 N–H and O–H groups in total. The number of benzene rings is 2. The van der Waals surface area contributed by atoms with E-state index in [9.17, 15) is 18.5 Å². The summed E-state index contributed by atoms with van der Waals surface area (Å²) in [5.41, 5.74) is 3.72. The van der Waals surface area contributed by atoms with E-state index in [1.165, 1.54) is 6.26 Å². The van der Waals surface area contributed by atoms with Crippen LogP contribution in [-0.2, 0) is 21.2 Å². The van der Waals surface area contributed by atoms with Gasteiger partial charge in [-0.2, -0.15) is 13.7 Å². The molecule has 15 heteroatoms. The van der Waals surface area contributed by atoms with Gasteiger partial charge in [0.05, 0.1) is 36.4 Å². The Kier molecular flexibility index (Phi) is 8.57. The Morgan fingerprint density at radius 3 is 2.75 bits per heavy atom. The number of nitriles is 1. The minimum Gasteiger partial charge on any atom is -0.451 e. The number of hydrogen-bond acceptors (Lipinski definition) is 11. The van der Waals surface area contributed by atoms with Crippen LogP contribution in [0.25, 0.3) is 10.8 Å². The second kappa shape index (κ2) is 13.0. The van der Waals surface area contributed by atoms with Gasteiger partial charge in [0.2, 0.25) is 11.0 Å². The topological polar surface area (TPSA) is 153 Å². The van der Waals surface area contributed by atoms with Crippen LogP contribution in [0.1, 0.15) is 31.7 Å². The summed E-state index contributed by atoms with van der Waals surface area (Å²) in [6, 6.07) is 15.8. The van der Waals surface area contributed by atoms with Crippen LogP contribution in [-0.4, -0.2) is 89.1 Å². The van der Waals surface area contributed by atoms with Crippen molar-refractivity contribution < 1.29 is 17.6 Å². The van der Waals surface area contributed by atoms with Crippen LogP contribution >= 0.6 is 11.6 Å². The number of amides is 1. The van der Waals surface area contributed by atoms with Crippen molar-refractivity contribution in [1.29, 1.82) is 5.26 Å². The second-order valence-electron chi connectivity index (χ2n) is 12.1. The molecule has 0 aliphatic carbocycles. The lowest BCUT2D eigenvalue weighted by Crippen LogP contribution is -2.58. The van der Waals surface area contributed by atoms with Crippen molar-refractivity contribution in [3.8, 4) is 6.07 Å². The first-order chi connectivity index (χ1) is 23.2. The van der Waals surface area contributed by atoms with Gasteiger partial charge in [-0.25, -0.2) is 9.98 Å². The Bertz CT molecular complexity index is 2060. The fourth-order valence-electron chi connectivity index (χ4n) is 6.93. The number of aromatic nitrogens is 3. The van der Waals surface area contributed by atoms with E-state index in [4.69, 9.17) is 21.0 Å². The van der Waals surface area contributed by atoms with Gasteiger partial charge in [0.25, 0.3) is 0 Å². The highest BCUT2D eigenvalue weighted by Crippen LogP contribution is 2.36. The van der Waals surface area contributed by atoms with Crippen LogP contribution in [0.4, 0.5) is 5.69 Å². The van der Waals surface area contributed by atoms with Crippen molar-refractivity contribution in [1.82, 2.24) is 29.3 Å². The van der Waals surface area contributed by atoms with Crippen molar-refractivity contribution in [2.75, 3.05) is 37.6 Å². The summed E-state index contributed by atoms with van der Waals surface area (Å²) < 4.78 is 32.6. The van der Waals surface area contributed by atoms with Crippen molar-refractivity contribution in [3.63, 3.8) is 0 Å². The number of aliphatic imine (C=N–C) groups is 1. The number of nitrogens with zero attached hydrogens (tertiary/aromatic N) is 8. The van der Waals surface area contributed by atoms with Crippen LogP contribution in [0.3, 0.4) is 0 Å². The molecule has 1 saturated heterocycles. The summed E-state index contributed by atoms with van der Waals surface area (Å²) in [4.78, 5) is 27.6. The third-order valence-electron chi connectivity index (χ3n) is 9.19. The van der Waals surface area contributed by atoms with Gasteiger partial charge in [-0.3, -0.25) is 4.79 Å². The second-order valence-corrected chi connectivity index (χ2v) is 14.2. The maximum atomic E-state index is 13.2. The maximum absolute atomic E-state index is 13.2. The van der Waals surface area contributed by atoms with Crippen molar-refractivity contribution >= 4 is 49.8 Å². The van der Waals surface area contributed by atoms with Crippen LogP contribution in [0.15, 0.2) is 87.2 Å². The van der Waals surface area contributed by atoms with Crippen molar-refractivity contribution in [2.24, 2.45) is 4.99 Å². The van der Waals surface area contributed by atoms with Gasteiger partial charge in [0, 0.05) is 61.0 Å². The number of halogens is 1. The normalized spacial score (nSPS) is 19.9. The highest BCUT2D eigenvalue weighted by molar-refractivity contribution is 7.89. The number of piperazine rings is 1. The fourth-order valence-corrected chi connectivity index (χ4v) is 8.40. The Morgan fingerprint density at radius 2 is 1.98 bits per heavy atom. The van der Waals surface area contributed by atoms with Gasteiger partial charge in [-0.15, -0.1) is 9.19 Å². The molecule has 0 bridgehead atoms. The molecule has 0 radical (unpaired) electrons. The van der Waals surface area contributed by atoms with E-state index in [0.717, 1.165) is 63.3 Å². The first-order valence-electron chi connectivity index (χ1n) is 15.8. The van der Waals surface area contributed by atoms with E-state index in [2.05, 4.69) is 49.5 Å². The summed E-state index contributed by atoms with van der Waals surface area (Å²) in [6.07, 6.45) is 5.09. The van der Waals surface area contributed by atoms with Crippen LogP contribution in [0.2, 0.25) is 5.02 Å². The lowest BCUT2D eigenvalue weighted by atomic mass is 9.97. The summed E-state index contributed by atoms with van der Waals surface area (Å²) in [6.45, 7) is 4.49. The molecule has 7 rings (SSSR count). The number of hydrogen-bond donors (Lipinski definition) is 1. The first kappa shape index (κ1) is 31.7. The zero-order valence-corrected chi connectivity index (χ0v) is 27.9. The number of carbonyl (C=O) groups is 1. The van der Waals surface area contributed by atoms with Gasteiger partial charge in [0.15, 0.2) is 0 Å². The number of aryl methyl sites for hydroxylation is 1. The van der Waals surface area contributed by atoms with Crippen LogP contribution in [0, 0.1) is 11.3 Å². The summed E-state index contributed by atoms with van der Waals surface area (Å²) >= 11 is 6.72. The third kappa shape index (κ3) is 5.88. The molecule has 2 atom stereocenters. The smallest absolute Gasteiger partial charge is 0.318 e. The molecule has 0 spiro atoms. The number of rotatable bonds is 7. The van der Waals surface area contributed by atoms with E-state index in [-0.39, 0.29) is 29.6 Å². The molecule has 4 aromatic rings. The van der Waals surface area contributed by atoms with E-state index in [0.29, 0.717) is 49.6 Å². The van der Waals surface area contributed by atoms with E-state index < -0.39 is 10.0 Å². The Labute approximate surface area is 283 Å². The average molecular weight is 688 g/mol. The monoisotopic (exact) mass is 687 g/mol. The minimum atomic E-state index is -4.04. The van der Waals surface area contributed by atoms with Crippen molar-refractivity contribution in [3.05, 3.63) is 83.2 Å². The number of furan rings is 1. The molecule has 248 valence electrons. The highest BCUT2D eigenvalue weighted by Gasteiger charge is 2.36. The Hall–Kier alpha value is -4.87. The number of fused-ring (bicyclic) bond motifs is 1. The van der Waals surface area contributed by atoms with E-state index >= 15 is 0 Å². The predicted octanol–water partition coefficient (Wildman–Crippen LogP) is 3.79. The third-order valence-corrected chi connectivity index (χ3v) is 11.0. The maximum Gasteiger partial charge on any atom is 0.318 e. The SMILES string of the molecule is CC(=O)N1CCN(C2=NC(CCc3ccoc3S(=O)(=O)n3cncn3)NC3=C2CCN(c2cccc4cccc(Cl)c24)C3)C[C@@H]1CC#N. The number of carbonyl (C=O) groups excluding carboxylic acids is 1. The number of nitrogens with one attached hydrogen (secondary N) is 1. The molecule has 0 saturated carbocycles. The Morgan fingerprint density at radius 1 is 1.15 bits per heavy atom. The molecule has 1 amide bonds. The largest absolute Gasteiger partial charge is 0.451 e. The molecule has 3 aliphatic rings. The molecular formula is C33H34ClN9O4S. The predicted molar refractivity (Wildman–Crippen MR) is 180 cm³/mol. The standard InChI is InChI=1S/C33H34ClN9O4S/c1-22(44)42-16-15-41(18-25(42)10-13-35)32-26-11-14-40(29-7-3-5-23-4-2-6-27(34)31(23)29)19-28(26)38-30(39-32)9-8-24-12-17-47-33(24)48(45,46)43-21-36-20-37-43/h2-7,12,17,20-21,25,30,38H,8-11,14-16,18-19H2,1H3/t25-,30?/m0/s1. The molecule has 1 fully saturated rings. The lowest BCUT2D eigenvalue weighted by Gasteiger charge is -2.45. The zero-order valence-electron chi connectivity index (χ0n) is 26.3. The van der Waals surface area contributed by atoms with Gasteiger partial charge in [-0.05, 0) is 42.8 Å². The molecule has 13 nitrogen and oxygen atoms in total. The van der Waals surface area contributed by atoms with Gasteiger partial charge in [0.1, 0.15) is 24.7 Å². The van der Waals surface area contributed by atoms with Gasteiger partial charge < -0.3 is 24.4 Å². The summed E-state index contributed by atoms with van der Waals surface area (Å²) in [5, 5.41) is 19.6. The highest BCUT2D eigenvalue weighted by atomic mass is 35.5. The molecule has 2 aromatic carbocycles. The van der Waals surface area contributed by atoms with E-state index in [1.807, 2.05) is 18.2 Å². The minimum absolute atomic E-state index is 0.0428. The average Bonchev–Trinajstić information content (AvgIpc) is 3.81. The first-order valence-corrected chi connectivity index (χ1v) is 17.6. The zero-order chi connectivity index (χ0) is 33.4. The molecule has 3 aliphatic heterocycles. The fraction of sp³-hybridized carbons (Fsp3) is 0.364. The quantitative estimate of drug-likeness (QED) is 0.304. The summed E-state index contributed by atoms with van der Waals surface area (Å²) in [7, 11) is -4.04.